The first-order valence-corrected chi connectivity index (χ1v) is 7.34. The van der Waals surface area contributed by atoms with E-state index in [0.29, 0.717) is 0 Å². The van der Waals surface area contributed by atoms with E-state index in [2.05, 4.69) is 25.3 Å². The van der Waals surface area contributed by atoms with Gasteiger partial charge in [0.25, 0.3) is 0 Å². The van der Waals surface area contributed by atoms with Gasteiger partial charge in [0.05, 0.1) is 11.6 Å². The number of fused-ring (bicyclic) bond motifs is 1. The fourth-order valence-corrected chi connectivity index (χ4v) is 2.65. The molecule has 20 heavy (non-hydrogen) atoms. The lowest BCUT2D eigenvalue weighted by Crippen LogP contribution is -2.05. The smallest absolute Gasteiger partial charge is 0.145 e. The van der Waals surface area contributed by atoms with E-state index >= 15 is 0 Å². The Morgan fingerprint density at radius 1 is 1.10 bits per heavy atom. The fraction of sp³-hybridized carbons (Fsp3) is 0.188. The molecule has 0 spiro atoms. The predicted octanol–water partition coefficient (Wildman–Crippen LogP) is 4.55. The summed E-state index contributed by atoms with van der Waals surface area (Å²) in [6.07, 6.45) is 2.20. The van der Waals surface area contributed by atoms with Crippen molar-refractivity contribution in [2.45, 2.75) is 20.0 Å². The number of nitrogens with zero attached hydrogens (tertiary/aromatic N) is 2. The molecule has 0 aliphatic heterocycles. The zero-order valence-electron chi connectivity index (χ0n) is 11.4. The molecule has 0 fully saturated rings. The largest absolute Gasteiger partial charge is 0.491 e. The molecule has 102 valence electrons. The molecular weight excluding hydrogens is 316 g/mol. The topological polar surface area (TPSA) is 26.5 Å². The second-order valence-electron chi connectivity index (χ2n) is 4.87. The standard InChI is InChI=1S/C16H15BrN2O/c1-11(2)20-13-8-6-12(7-9-13)16-18-15(17)14-5-3-4-10-19(14)16/h3-11H,1-2H3. The van der Waals surface area contributed by atoms with Crippen LogP contribution in [0.25, 0.3) is 16.9 Å². The summed E-state index contributed by atoms with van der Waals surface area (Å²) in [5.74, 6) is 1.80. The Morgan fingerprint density at radius 2 is 1.85 bits per heavy atom. The summed E-state index contributed by atoms with van der Waals surface area (Å²) >= 11 is 3.51. The van der Waals surface area contributed by atoms with Crippen LogP contribution in [0.4, 0.5) is 0 Å². The van der Waals surface area contributed by atoms with Crippen molar-refractivity contribution in [1.29, 1.82) is 0 Å². The average Bonchev–Trinajstić information content (AvgIpc) is 2.77. The van der Waals surface area contributed by atoms with Crippen LogP contribution in [0.1, 0.15) is 13.8 Å². The molecule has 0 radical (unpaired) electrons. The van der Waals surface area contributed by atoms with Crippen LogP contribution in [0, 0.1) is 0 Å². The molecule has 0 unspecified atom stereocenters. The molecule has 0 amide bonds. The second kappa shape index (κ2) is 5.29. The molecule has 0 aliphatic rings. The zero-order chi connectivity index (χ0) is 14.1. The van der Waals surface area contributed by atoms with Crippen molar-refractivity contribution in [3.8, 4) is 17.1 Å². The minimum atomic E-state index is 0.183. The number of ether oxygens (including phenoxy) is 1. The Balaban J connectivity index is 2.03. The van der Waals surface area contributed by atoms with Crippen molar-refractivity contribution in [3.63, 3.8) is 0 Å². The fourth-order valence-electron chi connectivity index (χ4n) is 2.16. The minimum Gasteiger partial charge on any atom is -0.491 e. The lowest BCUT2D eigenvalue weighted by molar-refractivity contribution is 0.242. The molecule has 2 heterocycles. The van der Waals surface area contributed by atoms with E-state index in [4.69, 9.17) is 4.74 Å². The number of hydrogen-bond acceptors (Lipinski definition) is 2. The van der Waals surface area contributed by atoms with Crippen LogP contribution in [0.5, 0.6) is 5.75 Å². The van der Waals surface area contributed by atoms with Gasteiger partial charge in [0.2, 0.25) is 0 Å². The summed E-state index contributed by atoms with van der Waals surface area (Å²) < 4.78 is 8.59. The van der Waals surface area contributed by atoms with Crippen molar-refractivity contribution in [3.05, 3.63) is 53.3 Å². The summed E-state index contributed by atoms with van der Waals surface area (Å²) in [7, 11) is 0. The van der Waals surface area contributed by atoms with Crippen LogP contribution >= 0.6 is 15.9 Å². The number of halogens is 1. The van der Waals surface area contributed by atoms with E-state index < -0.39 is 0 Å². The molecule has 3 nitrogen and oxygen atoms in total. The Labute approximate surface area is 126 Å². The maximum atomic E-state index is 5.66. The van der Waals surface area contributed by atoms with Crippen molar-refractivity contribution < 1.29 is 4.74 Å². The maximum absolute atomic E-state index is 5.66. The first-order chi connectivity index (χ1) is 9.65. The van der Waals surface area contributed by atoms with Gasteiger partial charge < -0.3 is 4.74 Å². The molecule has 3 aromatic rings. The third kappa shape index (κ3) is 2.43. The van der Waals surface area contributed by atoms with E-state index in [1.165, 1.54) is 0 Å². The Bertz CT molecular complexity index is 732. The van der Waals surface area contributed by atoms with Crippen LogP contribution in [0.3, 0.4) is 0 Å². The Morgan fingerprint density at radius 3 is 2.55 bits per heavy atom. The number of pyridine rings is 1. The van der Waals surface area contributed by atoms with E-state index in [1.54, 1.807) is 0 Å². The highest BCUT2D eigenvalue weighted by Gasteiger charge is 2.10. The van der Waals surface area contributed by atoms with Gasteiger partial charge in [0.1, 0.15) is 16.2 Å². The lowest BCUT2D eigenvalue weighted by Gasteiger charge is -2.09. The van der Waals surface area contributed by atoms with Crippen LogP contribution in [0.15, 0.2) is 53.3 Å². The van der Waals surface area contributed by atoms with Crippen LogP contribution in [0.2, 0.25) is 0 Å². The monoisotopic (exact) mass is 330 g/mol. The maximum Gasteiger partial charge on any atom is 0.145 e. The van der Waals surface area contributed by atoms with Crippen LogP contribution < -0.4 is 4.74 Å². The molecule has 0 aliphatic carbocycles. The van der Waals surface area contributed by atoms with Crippen molar-refractivity contribution in [1.82, 2.24) is 9.38 Å². The second-order valence-corrected chi connectivity index (χ2v) is 5.62. The first-order valence-electron chi connectivity index (χ1n) is 6.55. The molecule has 1 aromatic carbocycles. The number of rotatable bonds is 3. The number of hydrogen-bond donors (Lipinski definition) is 0. The lowest BCUT2D eigenvalue weighted by atomic mass is 10.2. The van der Waals surface area contributed by atoms with Gasteiger partial charge in [-0.1, -0.05) is 6.07 Å². The minimum absolute atomic E-state index is 0.183. The molecule has 0 saturated heterocycles. The summed E-state index contributed by atoms with van der Waals surface area (Å²) in [5, 5.41) is 0. The summed E-state index contributed by atoms with van der Waals surface area (Å²) in [6.45, 7) is 4.04. The highest BCUT2D eigenvalue weighted by atomic mass is 79.9. The van der Waals surface area contributed by atoms with E-state index in [0.717, 1.165) is 27.3 Å². The summed E-state index contributed by atoms with van der Waals surface area (Å²) in [6, 6.07) is 14.1. The van der Waals surface area contributed by atoms with Gasteiger partial charge >= 0.3 is 0 Å². The van der Waals surface area contributed by atoms with Crippen molar-refractivity contribution >= 4 is 21.4 Å². The molecule has 0 bridgehead atoms. The van der Waals surface area contributed by atoms with Gasteiger partial charge in [-0.3, -0.25) is 4.40 Å². The third-order valence-corrected chi connectivity index (χ3v) is 3.57. The van der Waals surface area contributed by atoms with E-state index in [9.17, 15) is 0 Å². The number of aromatic nitrogens is 2. The van der Waals surface area contributed by atoms with Gasteiger partial charge in [-0.2, -0.15) is 0 Å². The molecule has 2 aromatic heterocycles. The highest BCUT2D eigenvalue weighted by Crippen LogP contribution is 2.27. The van der Waals surface area contributed by atoms with Crippen molar-refractivity contribution in [2.24, 2.45) is 0 Å². The zero-order valence-corrected chi connectivity index (χ0v) is 13.0. The van der Waals surface area contributed by atoms with E-state index in [1.807, 2.05) is 62.5 Å². The highest BCUT2D eigenvalue weighted by molar-refractivity contribution is 9.10. The van der Waals surface area contributed by atoms with Crippen molar-refractivity contribution in [2.75, 3.05) is 0 Å². The molecule has 4 heteroatoms. The number of imidazole rings is 1. The van der Waals surface area contributed by atoms with Gasteiger partial charge in [-0.15, -0.1) is 0 Å². The SMILES string of the molecule is CC(C)Oc1ccc(-c2nc(Br)c3ccccn23)cc1. The van der Waals surface area contributed by atoms with Gasteiger partial charge in [0, 0.05) is 11.8 Å². The third-order valence-electron chi connectivity index (χ3n) is 2.99. The Hall–Kier alpha value is -1.81. The molecular formula is C16H15BrN2O. The quantitative estimate of drug-likeness (QED) is 0.704. The van der Waals surface area contributed by atoms with Gasteiger partial charge in [0.15, 0.2) is 0 Å². The Kier molecular flexibility index (Phi) is 3.49. The van der Waals surface area contributed by atoms with E-state index in [-0.39, 0.29) is 6.10 Å². The van der Waals surface area contributed by atoms with Crippen LogP contribution in [-0.4, -0.2) is 15.5 Å². The molecule has 0 N–H and O–H groups in total. The first kappa shape index (κ1) is 13.2. The van der Waals surface area contributed by atoms with Gasteiger partial charge in [-0.25, -0.2) is 4.98 Å². The number of benzene rings is 1. The molecule has 3 rings (SSSR count). The summed E-state index contributed by atoms with van der Waals surface area (Å²) in [5.41, 5.74) is 2.12. The average molecular weight is 331 g/mol. The molecule has 0 saturated carbocycles. The molecule has 0 atom stereocenters. The summed E-state index contributed by atoms with van der Waals surface area (Å²) in [4.78, 5) is 4.59. The van der Waals surface area contributed by atoms with Crippen LogP contribution in [-0.2, 0) is 0 Å². The van der Waals surface area contributed by atoms with Gasteiger partial charge in [-0.05, 0) is 66.2 Å². The predicted molar refractivity (Wildman–Crippen MR) is 84.1 cm³/mol. The normalized spacial score (nSPS) is 11.2.